The summed E-state index contributed by atoms with van der Waals surface area (Å²) in [6, 6.07) is 15.6. The predicted molar refractivity (Wildman–Crippen MR) is 127 cm³/mol. The quantitative estimate of drug-likeness (QED) is 0.328. The Labute approximate surface area is 192 Å². The minimum Gasteiger partial charge on any atom is -0.343 e. The Morgan fingerprint density at radius 3 is 2.90 bits per heavy atom. The highest BCUT2D eigenvalue weighted by Crippen LogP contribution is 2.35. The van der Waals surface area contributed by atoms with E-state index >= 15 is 0 Å². The van der Waals surface area contributed by atoms with Gasteiger partial charge in [0.05, 0.1) is 5.75 Å². The van der Waals surface area contributed by atoms with Gasteiger partial charge in [0, 0.05) is 23.8 Å². The zero-order valence-corrected chi connectivity index (χ0v) is 18.8. The number of carbonyl (C=O) groups is 1. The number of amides is 1. The number of hydrogen-bond donors (Lipinski definition) is 1. The Hall–Kier alpha value is -2.68. The smallest absolute Gasteiger partial charge is 0.234 e. The van der Waals surface area contributed by atoms with Gasteiger partial charge in [-0.2, -0.15) is 4.98 Å². The van der Waals surface area contributed by atoms with Crippen LogP contribution in [-0.4, -0.2) is 33.2 Å². The molecule has 3 heterocycles. The lowest BCUT2D eigenvalue weighted by Crippen LogP contribution is -2.30. The number of fused-ring (bicyclic) bond motifs is 2. The molecular formula is C22H18ClN5OS2. The standard InChI is InChI=1S/C22H18ClN5OS2/c23-16-6-3-7-17(10-16)26-18(29)12-30-21-19-20(24-13-25-21)27-22(31-19)28-9-8-14-4-1-2-5-15(14)11-28/h1-7,10,13H,8-9,11-12H2,(H,26,29). The van der Waals surface area contributed by atoms with Gasteiger partial charge >= 0.3 is 0 Å². The summed E-state index contributed by atoms with van der Waals surface area (Å²) < 4.78 is 0.914. The number of nitrogens with zero attached hydrogens (tertiary/aromatic N) is 4. The highest BCUT2D eigenvalue weighted by Gasteiger charge is 2.21. The molecule has 0 unspecified atom stereocenters. The molecule has 1 aliphatic heterocycles. The molecule has 31 heavy (non-hydrogen) atoms. The van der Waals surface area contributed by atoms with Crippen molar-refractivity contribution in [1.82, 2.24) is 15.0 Å². The van der Waals surface area contributed by atoms with E-state index in [4.69, 9.17) is 16.6 Å². The molecule has 0 fully saturated rings. The molecule has 2 aromatic carbocycles. The molecule has 4 aromatic rings. The maximum atomic E-state index is 12.4. The van der Waals surface area contributed by atoms with Crippen LogP contribution in [0, 0.1) is 0 Å². The summed E-state index contributed by atoms with van der Waals surface area (Å²) in [4.78, 5) is 28.1. The zero-order chi connectivity index (χ0) is 21.2. The van der Waals surface area contributed by atoms with Gasteiger partial charge in [0.15, 0.2) is 10.8 Å². The average molecular weight is 468 g/mol. The molecule has 5 rings (SSSR count). The van der Waals surface area contributed by atoms with Gasteiger partial charge in [0.2, 0.25) is 5.91 Å². The van der Waals surface area contributed by atoms with Crippen LogP contribution in [0.2, 0.25) is 5.02 Å². The summed E-state index contributed by atoms with van der Waals surface area (Å²) in [5, 5.41) is 5.15. The van der Waals surface area contributed by atoms with Gasteiger partial charge in [-0.25, -0.2) is 9.97 Å². The van der Waals surface area contributed by atoms with E-state index < -0.39 is 0 Å². The third-order valence-electron chi connectivity index (χ3n) is 5.00. The Morgan fingerprint density at radius 1 is 1.16 bits per heavy atom. The molecule has 156 valence electrons. The molecule has 0 aliphatic carbocycles. The van der Waals surface area contributed by atoms with Gasteiger partial charge in [-0.3, -0.25) is 4.79 Å². The van der Waals surface area contributed by atoms with Gasteiger partial charge in [0.25, 0.3) is 0 Å². The van der Waals surface area contributed by atoms with E-state index in [1.807, 2.05) is 6.07 Å². The maximum Gasteiger partial charge on any atom is 0.234 e. The molecule has 0 atom stereocenters. The van der Waals surface area contributed by atoms with Crippen molar-refractivity contribution in [2.45, 2.75) is 18.0 Å². The second kappa shape index (κ2) is 8.82. The van der Waals surface area contributed by atoms with Crippen molar-refractivity contribution in [1.29, 1.82) is 0 Å². The molecule has 0 spiro atoms. The molecule has 9 heteroatoms. The number of halogens is 1. The number of anilines is 2. The van der Waals surface area contributed by atoms with Crippen LogP contribution in [0.5, 0.6) is 0 Å². The Balaban J connectivity index is 1.30. The van der Waals surface area contributed by atoms with Crippen molar-refractivity contribution in [2.24, 2.45) is 0 Å². The Bertz CT molecular complexity index is 1260. The van der Waals surface area contributed by atoms with Crippen molar-refractivity contribution in [3.8, 4) is 0 Å². The van der Waals surface area contributed by atoms with E-state index in [9.17, 15) is 4.79 Å². The monoisotopic (exact) mass is 467 g/mol. The fraction of sp³-hybridized carbons (Fsp3) is 0.182. The number of thioether (sulfide) groups is 1. The molecule has 2 aromatic heterocycles. The van der Waals surface area contributed by atoms with E-state index in [-0.39, 0.29) is 11.7 Å². The van der Waals surface area contributed by atoms with Crippen molar-refractivity contribution in [3.63, 3.8) is 0 Å². The van der Waals surface area contributed by atoms with Crippen molar-refractivity contribution in [2.75, 3.05) is 22.5 Å². The number of nitrogens with one attached hydrogen (secondary N) is 1. The first-order valence-electron chi connectivity index (χ1n) is 9.77. The van der Waals surface area contributed by atoms with E-state index in [0.717, 1.165) is 34.4 Å². The van der Waals surface area contributed by atoms with E-state index in [1.54, 1.807) is 29.5 Å². The first kappa shape index (κ1) is 20.2. The average Bonchev–Trinajstić information content (AvgIpc) is 3.22. The Kier molecular flexibility index (Phi) is 5.76. The van der Waals surface area contributed by atoms with Gasteiger partial charge in [-0.15, -0.1) is 0 Å². The number of thiazole rings is 1. The summed E-state index contributed by atoms with van der Waals surface area (Å²) in [5.41, 5.74) is 4.09. The first-order valence-corrected chi connectivity index (χ1v) is 12.0. The number of carbonyl (C=O) groups excluding carboxylic acids is 1. The summed E-state index contributed by atoms with van der Waals surface area (Å²) in [6.45, 7) is 1.77. The van der Waals surface area contributed by atoms with Crippen LogP contribution in [0.3, 0.4) is 0 Å². The molecule has 1 amide bonds. The molecule has 1 aliphatic rings. The fourth-order valence-electron chi connectivity index (χ4n) is 3.52. The fourth-order valence-corrected chi connectivity index (χ4v) is 5.62. The van der Waals surface area contributed by atoms with E-state index in [0.29, 0.717) is 16.4 Å². The highest BCUT2D eigenvalue weighted by molar-refractivity contribution is 8.00. The Morgan fingerprint density at radius 2 is 2.03 bits per heavy atom. The lowest BCUT2D eigenvalue weighted by atomic mass is 10.0. The molecule has 0 saturated carbocycles. The summed E-state index contributed by atoms with van der Waals surface area (Å²) in [6.07, 6.45) is 2.51. The first-order chi connectivity index (χ1) is 15.2. The molecular weight excluding hydrogens is 450 g/mol. The minimum atomic E-state index is -0.114. The third-order valence-corrected chi connectivity index (χ3v) is 7.46. The zero-order valence-electron chi connectivity index (χ0n) is 16.4. The molecule has 0 radical (unpaired) electrons. The molecule has 1 N–H and O–H groups in total. The third kappa shape index (κ3) is 4.51. The molecule has 0 saturated heterocycles. The van der Waals surface area contributed by atoms with Gasteiger partial charge in [-0.05, 0) is 35.7 Å². The number of hydrogen-bond acceptors (Lipinski definition) is 7. The number of aromatic nitrogens is 3. The summed E-state index contributed by atoms with van der Waals surface area (Å²) >= 11 is 8.95. The minimum absolute atomic E-state index is 0.114. The van der Waals surface area contributed by atoms with E-state index in [2.05, 4.69) is 44.5 Å². The maximum absolute atomic E-state index is 12.4. The van der Waals surface area contributed by atoms with E-state index in [1.165, 1.54) is 29.2 Å². The normalized spacial score (nSPS) is 13.3. The van der Waals surface area contributed by atoms with Crippen molar-refractivity contribution < 1.29 is 4.79 Å². The second-order valence-electron chi connectivity index (χ2n) is 7.12. The van der Waals surface area contributed by atoms with Crippen LogP contribution < -0.4 is 10.2 Å². The predicted octanol–water partition coefficient (Wildman–Crippen LogP) is 5.03. The van der Waals surface area contributed by atoms with Crippen LogP contribution in [-0.2, 0) is 17.8 Å². The van der Waals surface area contributed by atoms with Crippen molar-refractivity contribution >= 4 is 61.8 Å². The SMILES string of the molecule is O=C(CSc1ncnc2nc(N3CCc4ccccc4C3)sc12)Nc1cccc(Cl)c1. The number of benzene rings is 2. The lowest BCUT2D eigenvalue weighted by molar-refractivity contribution is -0.113. The topological polar surface area (TPSA) is 71.0 Å². The van der Waals surface area contributed by atoms with Crippen LogP contribution in [0.4, 0.5) is 10.8 Å². The lowest BCUT2D eigenvalue weighted by Gasteiger charge is -2.28. The van der Waals surface area contributed by atoms with Crippen LogP contribution in [0.1, 0.15) is 11.1 Å². The van der Waals surface area contributed by atoms with Gasteiger partial charge < -0.3 is 10.2 Å². The van der Waals surface area contributed by atoms with Crippen LogP contribution >= 0.6 is 34.7 Å². The van der Waals surface area contributed by atoms with Gasteiger partial charge in [0.1, 0.15) is 16.1 Å². The largest absolute Gasteiger partial charge is 0.343 e. The van der Waals surface area contributed by atoms with Crippen LogP contribution in [0.15, 0.2) is 59.9 Å². The molecule has 6 nitrogen and oxygen atoms in total. The van der Waals surface area contributed by atoms with Gasteiger partial charge in [-0.1, -0.05) is 65.0 Å². The summed E-state index contributed by atoms with van der Waals surface area (Å²) in [7, 11) is 0. The van der Waals surface area contributed by atoms with Crippen LogP contribution in [0.25, 0.3) is 10.3 Å². The summed E-state index contributed by atoms with van der Waals surface area (Å²) in [5.74, 6) is 0.125. The second-order valence-corrected chi connectivity index (χ2v) is 9.49. The highest BCUT2D eigenvalue weighted by atomic mass is 35.5. The number of rotatable bonds is 5. The van der Waals surface area contributed by atoms with Crippen molar-refractivity contribution in [3.05, 3.63) is 71.0 Å². The molecule has 0 bridgehead atoms.